The van der Waals surface area contributed by atoms with Gasteiger partial charge in [-0.15, -0.1) is 0 Å². The zero-order valence-electron chi connectivity index (χ0n) is 16.2. The van der Waals surface area contributed by atoms with E-state index in [4.69, 9.17) is 4.52 Å². The van der Waals surface area contributed by atoms with Gasteiger partial charge in [-0.25, -0.2) is 4.79 Å². The van der Waals surface area contributed by atoms with Crippen molar-refractivity contribution >= 4 is 10.9 Å². The second-order valence-corrected chi connectivity index (χ2v) is 6.93. The summed E-state index contributed by atoms with van der Waals surface area (Å²) in [5.74, 6) is 0.782. The van der Waals surface area contributed by atoms with E-state index in [2.05, 4.69) is 17.1 Å². The van der Waals surface area contributed by atoms with Crippen LogP contribution in [0.5, 0.6) is 0 Å². The molecule has 2 aromatic heterocycles. The largest absolute Gasteiger partial charge is 0.337 e. The molecular formula is C22H22N4O3. The predicted molar refractivity (Wildman–Crippen MR) is 111 cm³/mol. The molecule has 0 bridgehead atoms. The van der Waals surface area contributed by atoms with Crippen LogP contribution in [-0.4, -0.2) is 19.3 Å². The molecule has 0 aliphatic carbocycles. The van der Waals surface area contributed by atoms with Crippen molar-refractivity contribution in [3.63, 3.8) is 0 Å². The first-order chi connectivity index (χ1) is 14.2. The Hall–Kier alpha value is -3.48. The molecule has 0 spiro atoms. The smallest absolute Gasteiger partial charge is 0.331 e. The number of para-hydroxylation sites is 1. The van der Waals surface area contributed by atoms with E-state index in [1.807, 2.05) is 36.4 Å². The predicted octanol–water partition coefficient (Wildman–Crippen LogP) is 3.45. The number of unbranched alkanes of at least 4 members (excludes halogenated alkanes) is 2. The minimum atomic E-state index is -0.357. The Bertz CT molecular complexity index is 1240. The summed E-state index contributed by atoms with van der Waals surface area (Å²) in [7, 11) is 0. The van der Waals surface area contributed by atoms with Gasteiger partial charge in [0, 0.05) is 12.1 Å². The van der Waals surface area contributed by atoms with Crippen molar-refractivity contribution in [1.82, 2.24) is 19.3 Å². The third-order valence-electron chi connectivity index (χ3n) is 4.91. The van der Waals surface area contributed by atoms with Gasteiger partial charge in [-0.2, -0.15) is 4.98 Å². The van der Waals surface area contributed by atoms with Crippen molar-refractivity contribution in [1.29, 1.82) is 0 Å². The molecular weight excluding hydrogens is 368 g/mol. The molecule has 4 rings (SSSR count). The first kappa shape index (κ1) is 18.9. The lowest BCUT2D eigenvalue weighted by Crippen LogP contribution is -2.40. The molecule has 7 nitrogen and oxygen atoms in total. The molecule has 0 saturated heterocycles. The van der Waals surface area contributed by atoms with E-state index in [1.54, 1.807) is 18.2 Å². The summed E-state index contributed by atoms with van der Waals surface area (Å²) in [5.41, 5.74) is 0.788. The van der Waals surface area contributed by atoms with Gasteiger partial charge in [0.05, 0.1) is 10.9 Å². The van der Waals surface area contributed by atoms with Gasteiger partial charge >= 0.3 is 5.69 Å². The second kappa shape index (κ2) is 8.26. The van der Waals surface area contributed by atoms with Crippen molar-refractivity contribution in [3.05, 3.63) is 81.3 Å². The fourth-order valence-corrected chi connectivity index (χ4v) is 3.40. The number of rotatable bonds is 7. The van der Waals surface area contributed by atoms with Gasteiger partial charge in [-0.1, -0.05) is 67.4 Å². The summed E-state index contributed by atoms with van der Waals surface area (Å²) in [6.45, 7) is 2.59. The third-order valence-corrected chi connectivity index (χ3v) is 4.91. The Kier molecular flexibility index (Phi) is 5.37. The lowest BCUT2D eigenvalue weighted by Gasteiger charge is -2.12. The molecule has 0 radical (unpaired) electrons. The first-order valence-electron chi connectivity index (χ1n) is 9.79. The van der Waals surface area contributed by atoms with E-state index in [0.717, 1.165) is 24.8 Å². The quantitative estimate of drug-likeness (QED) is 0.451. The van der Waals surface area contributed by atoms with E-state index < -0.39 is 0 Å². The highest BCUT2D eigenvalue weighted by atomic mass is 16.5. The fraction of sp³-hybridized carbons (Fsp3) is 0.273. The standard InChI is InChI=1S/C22H22N4O3/c1-2-3-9-14-25-21(27)17-12-7-8-13-18(17)26(22(25)28)15-19-23-20(24-29-19)16-10-5-4-6-11-16/h4-8,10-13H,2-3,9,14-15H2,1H3. The van der Waals surface area contributed by atoms with Crippen molar-refractivity contribution in [3.8, 4) is 11.4 Å². The van der Waals surface area contributed by atoms with Crippen LogP contribution in [0.4, 0.5) is 0 Å². The number of aromatic nitrogens is 4. The van der Waals surface area contributed by atoms with E-state index in [9.17, 15) is 9.59 Å². The maximum Gasteiger partial charge on any atom is 0.331 e. The van der Waals surface area contributed by atoms with Gasteiger partial charge in [-0.3, -0.25) is 13.9 Å². The Morgan fingerprint density at radius 3 is 2.48 bits per heavy atom. The molecule has 0 aliphatic rings. The molecule has 4 aromatic rings. The Balaban J connectivity index is 1.76. The van der Waals surface area contributed by atoms with Gasteiger partial charge in [-0.05, 0) is 18.6 Å². The Labute approximate surface area is 167 Å². The summed E-state index contributed by atoms with van der Waals surface area (Å²) in [5, 5.41) is 4.53. The normalized spacial score (nSPS) is 11.2. The Morgan fingerprint density at radius 2 is 1.69 bits per heavy atom. The number of nitrogens with zero attached hydrogens (tertiary/aromatic N) is 4. The van der Waals surface area contributed by atoms with Gasteiger partial charge in [0.1, 0.15) is 6.54 Å². The fourth-order valence-electron chi connectivity index (χ4n) is 3.40. The third kappa shape index (κ3) is 3.76. The summed E-state index contributed by atoms with van der Waals surface area (Å²) >= 11 is 0. The highest BCUT2D eigenvalue weighted by Crippen LogP contribution is 2.16. The molecule has 0 N–H and O–H groups in total. The van der Waals surface area contributed by atoms with Crippen LogP contribution in [-0.2, 0) is 13.1 Å². The molecule has 7 heteroatoms. The average molecular weight is 390 g/mol. The Morgan fingerprint density at radius 1 is 0.931 bits per heavy atom. The summed E-state index contributed by atoms with van der Waals surface area (Å²) in [6.07, 6.45) is 2.76. The minimum Gasteiger partial charge on any atom is -0.337 e. The van der Waals surface area contributed by atoms with Crippen LogP contribution in [0, 0.1) is 0 Å². The summed E-state index contributed by atoms with van der Waals surface area (Å²) < 4.78 is 8.23. The van der Waals surface area contributed by atoms with Crippen molar-refractivity contribution in [2.75, 3.05) is 0 Å². The van der Waals surface area contributed by atoms with Gasteiger partial charge in [0.25, 0.3) is 5.56 Å². The molecule has 29 heavy (non-hydrogen) atoms. The molecule has 0 amide bonds. The number of hydrogen-bond acceptors (Lipinski definition) is 5. The zero-order valence-corrected chi connectivity index (χ0v) is 16.2. The first-order valence-corrected chi connectivity index (χ1v) is 9.79. The van der Waals surface area contributed by atoms with Gasteiger partial charge < -0.3 is 4.52 Å². The molecule has 0 saturated carbocycles. The molecule has 0 atom stereocenters. The van der Waals surface area contributed by atoms with Crippen LogP contribution in [0.3, 0.4) is 0 Å². The van der Waals surface area contributed by atoms with Gasteiger partial charge in [0.2, 0.25) is 11.7 Å². The topological polar surface area (TPSA) is 82.9 Å². The summed E-state index contributed by atoms with van der Waals surface area (Å²) in [6, 6.07) is 16.6. The highest BCUT2D eigenvalue weighted by molar-refractivity contribution is 5.77. The lowest BCUT2D eigenvalue weighted by molar-refractivity contribution is 0.369. The molecule has 0 fully saturated rings. The zero-order chi connectivity index (χ0) is 20.2. The molecule has 0 aliphatic heterocycles. The van der Waals surface area contributed by atoms with Crippen LogP contribution in [0.1, 0.15) is 32.1 Å². The maximum absolute atomic E-state index is 13.1. The minimum absolute atomic E-state index is 0.104. The van der Waals surface area contributed by atoms with Crippen LogP contribution in [0.15, 0.2) is 68.7 Å². The van der Waals surface area contributed by atoms with Crippen LogP contribution < -0.4 is 11.2 Å². The van der Waals surface area contributed by atoms with Crippen LogP contribution in [0.25, 0.3) is 22.3 Å². The van der Waals surface area contributed by atoms with Crippen LogP contribution in [0.2, 0.25) is 0 Å². The summed E-state index contributed by atoms with van der Waals surface area (Å²) in [4.78, 5) is 30.4. The maximum atomic E-state index is 13.1. The van der Waals surface area contributed by atoms with E-state index in [-0.39, 0.29) is 17.8 Å². The monoisotopic (exact) mass is 390 g/mol. The number of benzene rings is 2. The van der Waals surface area contributed by atoms with E-state index >= 15 is 0 Å². The van der Waals surface area contributed by atoms with Crippen LogP contribution >= 0.6 is 0 Å². The lowest BCUT2D eigenvalue weighted by atomic mass is 10.2. The molecule has 0 unspecified atom stereocenters. The number of hydrogen-bond donors (Lipinski definition) is 0. The van der Waals surface area contributed by atoms with Gasteiger partial charge in [0.15, 0.2) is 0 Å². The molecule has 2 heterocycles. The SMILES string of the molecule is CCCCCn1c(=O)c2ccccc2n(Cc2nc(-c3ccccc3)no2)c1=O. The van der Waals surface area contributed by atoms with Crippen molar-refractivity contribution in [2.24, 2.45) is 0 Å². The van der Waals surface area contributed by atoms with Crippen molar-refractivity contribution < 1.29 is 4.52 Å². The highest BCUT2D eigenvalue weighted by Gasteiger charge is 2.16. The average Bonchev–Trinajstić information content (AvgIpc) is 3.23. The second-order valence-electron chi connectivity index (χ2n) is 6.93. The van der Waals surface area contributed by atoms with E-state index in [0.29, 0.717) is 29.2 Å². The number of fused-ring (bicyclic) bond motifs is 1. The van der Waals surface area contributed by atoms with E-state index in [1.165, 1.54) is 9.13 Å². The molecule has 2 aromatic carbocycles. The van der Waals surface area contributed by atoms with Crippen molar-refractivity contribution in [2.45, 2.75) is 39.3 Å². The molecule has 148 valence electrons.